The zero-order chi connectivity index (χ0) is 15.6. The van der Waals surface area contributed by atoms with Crippen LogP contribution in [0, 0.1) is 0 Å². The molecule has 0 atom stereocenters. The van der Waals surface area contributed by atoms with Crippen LogP contribution in [0.4, 0.5) is 13.2 Å². The molecular formula is C18H12F3N. The highest BCUT2D eigenvalue weighted by atomic mass is 19.4. The standard InChI is InChI=1S/C18H12F3N/c19-18(20,21)17-12-6-11-16(22-17)15-10-5-4-9-14(15)13-7-2-1-3-8-13/h1-12H. The number of aromatic nitrogens is 1. The van der Waals surface area contributed by atoms with E-state index in [-0.39, 0.29) is 0 Å². The topological polar surface area (TPSA) is 12.9 Å². The molecule has 3 rings (SSSR count). The van der Waals surface area contributed by atoms with Gasteiger partial charge in [-0.25, -0.2) is 4.98 Å². The van der Waals surface area contributed by atoms with Gasteiger partial charge < -0.3 is 0 Å². The van der Waals surface area contributed by atoms with Crippen LogP contribution in [0.25, 0.3) is 22.4 Å². The SMILES string of the molecule is FC(F)(F)c1cccc(-c2ccccc2-c2ccccc2)n1. The van der Waals surface area contributed by atoms with Crippen molar-refractivity contribution in [3.05, 3.63) is 78.5 Å². The summed E-state index contributed by atoms with van der Waals surface area (Å²) < 4.78 is 38.5. The first-order valence-electron chi connectivity index (χ1n) is 6.75. The van der Waals surface area contributed by atoms with Gasteiger partial charge in [0.15, 0.2) is 0 Å². The molecule has 0 N–H and O–H groups in total. The van der Waals surface area contributed by atoms with Gasteiger partial charge in [0.1, 0.15) is 5.69 Å². The highest BCUT2D eigenvalue weighted by Crippen LogP contribution is 2.33. The van der Waals surface area contributed by atoms with Crippen molar-refractivity contribution < 1.29 is 13.2 Å². The van der Waals surface area contributed by atoms with E-state index >= 15 is 0 Å². The summed E-state index contributed by atoms with van der Waals surface area (Å²) in [5.74, 6) is 0. The number of hydrogen-bond donors (Lipinski definition) is 0. The van der Waals surface area contributed by atoms with E-state index in [1.807, 2.05) is 42.5 Å². The monoisotopic (exact) mass is 299 g/mol. The molecule has 4 heteroatoms. The summed E-state index contributed by atoms with van der Waals surface area (Å²) in [7, 11) is 0. The van der Waals surface area contributed by atoms with Gasteiger partial charge in [-0.15, -0.1) is 0 Å². The number of hydrogen-bond acceptors (Lipinski definition) is 1. The fourth-order valence-corrected chi connectivity index (χ4v) is 2.32. The van der Waals surface area contributed by atoms with E-state index in [4.69, 9.17) is 0 Å². The van der Waals surface area contributed by atoms with E-state index in [1.165, 1.54) is 6.07 Å². The predicted octanol–water partition coefficient (Wildman–Crippen LogP) is 5.43. The first-order chi connectivity index (χ1) is 10.6. The molecule has 1 aromatic heterocycles. The smallest absolute Gasteiger partial charge is 0.243 e. The Bertz CT molecular complexity index is 780. The molecule has 0 bridgehead atoms. The molecule has 0 spiro atoms. The first-order valence-corrected chi connectivity index (χ1v) is 6.75. The fourth-order valence-electron chi connectivity index (χ4n) is 2.32. The summed E-state index contributed by atoms with van der Waals surface area (Å²) in [6, 6.07) is 20.8. The molecule has 22 heavy (non-hydrogen) atoms. The normalized spacial score (nSPS) is 11.4. The van der Waals surface area contributed by atoms with Gasteiger partial charge in [-0.2, -0.15) is 13.2 Å². The third-order valence-electron chi connectivity index (χ3n) is 3.33. The van der Waals surface area contributed by atoms with E-state index in [0.29, 0.717) is 11.3 Å². The number of alkyl halides is 3. The maximum Gasteiger partial charge on any atom is 0.433 e. The number of pyridine rings is 1. The zero-order valence-electron chi connectivity index (χ0n) is 11.5. The van der Waals surface area contributed by atoms with Crippen LogP contribution in [0.5, 0.6) is 0 Å². The van der Waals surface area contributed by atoms with Gasteiger partial charge in [-0.05, 0) is 23.3 Å². The van der Waals surface area contributed by atoms with Crippen molar-refractivity contribution in [1.29, 1.82) is 0 Å². The summed E-state index contributed by atoms with van der Waals surface area (Å²) in [6.45, 7) is 0. The Morgan fingerprint density at radius 1 is 0.636 bits per heavy atom. The van der Waals surface area contributed by atoms with E-state index < -0.39 is 11.9 Å². The summed E-state index contributed by atoms with van der Waals surface area (Å²) >= 11 is 0. The molecule has 0 saturated heterocycles. The van der Waals surface area contributed by atoms with Crippen LogP contribution in [0.2, 0.25) is 0 Å². The average molecular weight is 299 g/mol. The highest BCUT2D eigenvalue weighted by Gasteiger charge is 2.32. The lowest BCUT2D eigenvalue weighted by molar-refractivity contribution is -0.141. The fraction of sp³-hybridized carbons (Fsp3) is 0.0556. The third kappa shape index (κ3) is 2.86. The Labute approximate surface area is 126 Å². The third-order valence-corrected chi connectivity index (χ3v) is 3.33. The Hall–Kier alpha value is -2.62. The molecule has 0 unspecified atom stereocenters. The first kappa shape index (κ1) is 14.3. The van der Waals surface area contributed by atoms with Crippen molar-refractivity contribution in [2.45, 2.75) is 6.18 Å². The lowest BCUT2D eigenvalue weighted by Crippen LogP contribution is -2.08. The molecule has 0 fully saturated rings. The minimum absolute atomic E-state index is 0.314. The van der Waals surface area contributed by atoms with E-state index in [1.54, 1.807) is 18.2 Å². The summed E-state index contributed by atoms with van der Waals surface area (Å²) in [5.41, 5.74) is 1.91. The lowest BCUT2D eigenvalue weighted by atomic mass is 9.97. The van der Waals surface area contributed by atoms with E-state index in [2.05, 4.69) is 4.98 Å². The number of nitrogens with zero attached hydrogens (tertiary/aromatic N) is 1. The van der Waals surface area contributed by atoms with Crippen molar-refractivity contribution in [3.63, 3.8) is 0 Å². The maximum absolute atomic E-state index is 12.8. The van der Waals surface area contributed by atoms with Crippen molar-refractivity contribution in [2.24, 2.45) is 0 Å². The van der Waals surface area contributed by atoms with Gasteiger partial charge in [-0.1, -0.05) is 60.7 Å². The zero-order valence-corrected chi connectivity index (χ0v) is 11.5. The average Bonchev–Trinajstić information content (AvgIpc) is 2.55. The number of benzene rings is 2. The lowest BCUT2D eigenvalue weighted by Gasteiger charge is -2.11. The van der Waals surface area contributed by atoms with Crippen LogP contribution < -0.4 is 0 Å². The number of rotatable bonds is 2. The number of halogens is 3. The van der Waals surface area contributed by atoms with Crippen LogP contribution in [0.3, 0.4) is 0 Å². The van der Waals surface area contributed by atoms with Crippen molar-refractivity contribution in [1.82, 2.24) is 4.98 Å². The summed E-state index contributed by atoms with van der Waals surface area (Å²) in [6.07, 6.45) is -4.45. The Morgan fingerprint density at radius 3 is 1.95 bits per heavy atom. The minimum Gasteiger partial charge on any atom is -0.243 e. The van der Waals surface area contributed by atoms with Crippen LogP contribution in [0.15, 0.2) is 72.8 Å². The second-order valence-corrected chi connectivity index (χ2v) is 4.82. The van der Waals surface area contributed by atoms with Crippen molar-refractivity contribution in [2.75, 3.05) is 0 Å². The Kier molecular flexibility index (Phi) is 3.67. The molecule has 0 saturated carbocycles. The molecule has 3 aromatic rings. The minimum atomic E-state index is -4.45. The van der Waals surface area contributed by atoms with Gasteiger partial charge in [0, 0.05) is 5.56 Å². The van der Waals surface area contributed by atoms with Gasteiger partial charge in [0.05, 0.1) is 5.69 Å². The largest absolute Gasteiger partial charge is 0.433 e. The molecular weight excluding hydrogens is 287 g/mol. The molecule has 0 amide bonds. The summed E-state index contributed by atoms with van der Waals surface area (Å²) in [4.78, 5) is 3.78. The van der Waals surface area contributed by atoms with Gasteiger partial charge in [0.2, 0.25) is 0 Å². The molecule has 0 radical (unpaired) electrons. The molecule has 2 aromatic carbocycles. The molecule has 1 nitrogen and oxygen atoms in total. The van der Waals surface area contributed by atoms with Crippen LogP contribution >= 0.6 is 0 Å². The molecule has 0 aliphatic rings. The second-order valence-electron chi connectivity index (χ2n) is 4.82. The summed E-state index contributed by atoms with van der Waals surface area (Å²) in [5, 5.41) is 0. The Balaban J connectivity index is 2.14. The second kappa shape index (κ2) is 5.64. The maximum atomic E-state index is 12.8. The molecule has 1 heterocycles. The van der Waals surface area contributed by atoms with Crippen LogP contribution in [-0.4, -0.2) is 4.98 Å². The van der Waals surface area contributed by atoms with Crippen molar-refractivity contribution in [3.8, 4) is 22.4 Å². The van der Waals surface area contributed by atoms with Crippen LogP contribution in [0.1, 0.15) is 5.69 Å². The van der Waals surface area contributed by atoms with Crippen molar-refractivity contribution >= 4 is 0 Å². The van der Waals surface area contributed by atoms with Gasteiger partial charge >= 0.3 is 6.18 Å². The quantitative estimate of drug-likeness (QED) is 0.614. The molecule has 110 valence electrons. The van der Waals surface area contributed by atoms with Crippen LogP contribution in [-0.2, 0) is 6.18 Å². The van der Waals surface area contributed by atoms with E-state index in [0.717, 1.165) is 17.2 Å². The molecule has 0 aliphatic heterocycles. The molecule has 0 aliphatic carbocycles. The van der Waals surface area contributed by atoms with Gasteiger partial charge in [-0.3, -0.25) is 0 Å². The highest BCUT2D eigenvalue weighted by molar-refractivity contribution is 5.81. The predicted molar refractivity (Wildman–Crippen MR) is 80.1 cm³/mol. The Morgan fingerprint density at radius 2 is 1.27 bits per heavy atom. The van der Waals surface area contributed by atoms with E-state index in [9.17, 15) is 13.2 Å². The van der Waals surface area contributed by atoms with Gasteiger partial charge in [0.25, 0.3) is 0 Å².